The Kier molecular flexibility index (Phi) is 3.89. The number of carbonyl (C=O) groups is 1. The summed E-state index contributed by atoms with van der Waals surface area (Å²) in [4.78, 5) is 17.0. The van der Waals surface area contributed by atoms with Crippen LogP contribution in [0.5, 0.6) is 0 Å². The third kappa shape index (κ3) is 2.85. The highest BCUT2D eigenvalue weighted by atomic mass is 32.2. The van der Waals surface area contributed by atoms with Crippen molar-refractivity contribution in [3.8, 4) is 6.07 Å². The van der Waals surface area contributed by atoms with Crippen LogP contribution in [-0.2, 0) is 4.79 Å². The second-order valence-electron chi connectivity index (χ2n) is 6.45. The van der Waals surface area contributed by atoms with E-state index in [1.54, 1.807) is 0 Å². The van der Waals surface area contributed by atoms with Gasteiger partial charge in [0.1, 0.15) is 6.07 Å². The molecule has 0 spiro atoms. The molecule has 4 rings (SSSR count). The quantitative estimate of drug-likeness (QED) is 0.732. The van der Waals surface area contributed by atoms with E-state index in [-0.39, 0.29) is 11.2 Å². The molecule has 1 saturated carbocycles. The van der Waals surface area contributed by atoms with E-state index in [0.717, 1.165) is 34.5 Å². The van der Waals surface area contributed by atoms with Gasteiger partial charge in [-0.1, -0.05) is 23.9 Å². The Morgan fingerprint density at radius 3 is 2.92 bits per heavy atom. The third-order valence-corrected chi connectivity index (χ3v) is 5.55. The van der Waals surface area contributed by atoms with Crippen LogP contribution in [0.15, 0.2) is 35.4 Å². The van der Waals surface area contributed by atoms with E-state index in [2.05, 4.69) is 16.4 Å². The van der Waals surface area contributed by atoms with Gasteiger partial charge in [0.25, 0.3) is 0 Å². The molecule has 6 heteroatoms. The Morgan fingerprint density at radius 1 is 1.44 bits per heavy atom. The predicted molar refractivity (Wildman–Crippen MR) is 98.6 cm³/mol. The molecule has 1 aromatic carbocycles. The molecule has 126 valence electrons. The first kappa shape index (κ1) is 16.0. The van der Waals surface area contributed by atoms with Crippen molar-refractivity contribution in [3.05, 3.63) is 41.5 Å². The number of nitrogens with zero attached hydrogens (tertiary/aromatic N) is 3. The number of carbonyl (C=O) groups excluding carboxylic acids is 1. The maximum Gasteiger partial charge on any atom is 0.233 e. The fourth-order valence-corrected chi connectivity index (χ4v) is 3.99. The van der Waals surface area contributed by atoms with Gasteiger partial charge in [-0.15, -0.1) is 0 Å². The van der Waals surface area contributed by atoms with E-state index in [1.165, 1.54) is 11.8 Å². The van der Waals surface area contributed by atoms with E-state index >= 15 is 0 Å². The number of aryl methyl sites for hydroxylation is 1. The molecule has 0 unspecified atom stereocenters. The lowest BCUT2D eigenvalue weighted by atomic mass is 10.2. The minimum Gasteiger partial charge on any atom is -0.352 e. The van der Waals surface area contributed by atoms with Crippen LogP contribution in [-0.4, -0.2) is 26.6 Å². The summed E-state index contributed by atoms with van der Waals surface area (Å²) in [6, 6.07) is 12.4. The standard InChI is InChI=1S/C19H18N4OS/c1-11-9-17(25-12(2)19(24)21-13-7-8-13)23-16-6-4-3-5-15(16)22-18(23)14(11)10-20/h3-6,9,12-13H,7-8H2,1-2H3,(H,21,24)/t12-/m0/s1. The second-order valence-corrected chi connectivity index (χ2v) is 7.82. The Labute approximate surface area is 150 Å². The van der Waals surface area contributed by atoms with Crippen LogP contribution in [0.3, 0.4) is 0 Å². The summed E-state index contributed by atoms with van der Waals surface area (Å²) in [5.74, 6) is 0.0621. The lowest BCUT2D eigenvalue weighted by molar-refractivity contribution is -0.120. The first-order chi connectivity index (χ1) is 12.1. The molecule has 2 aromatic heterocycles. The topological polar surface area (TPSA) is 70.2 Å². The van der Waals surface area contributed by atoms with E-state index in [4.69, 9.17) is 0 Å². The molecule has 1 N–H and O–H groups in total. The number of hydrogen-bond acceptors (Lipinski definition) is 4. The highest BCUT2D eigenvalue weighted by molar-refractivity contribution is 8.00. The summed E-state index contributed by atoms with van der Waals surface area (Å²) in [6.07, 6.45) is 2.16. The van der Waals surface area contributed by atoms with Gasteiger partial charge in [-0.3, -0.25) is 9.20 Å². The number of para-hydroxylation sites is 2. The first-order valence-electron chi connectivity index (χ1n) is 8.36. The van der Waals surface area contributed by atoms with Crippen molar-refractivity contribution >= 4 is 34.3 Å². The van der Waals surface area contributed by atoms with E-state index in [1.807, 2.05) is 48.6 Å². The summed E-state index contributed by atoms with van der Waals surface area (Å²) in [7, 11) is 0. The lowest BCUT2D eigenvalue weighted by Gasteiger charge is -2.14. The molecule has 2 heterocycles. The smallest absolute Gasteiger partial charge is 0.233 e. The number of nitriles is 1. The Morgan fingerprint density at radius 2 is 2.20 bits per heavy atom. The fourth-order valence-electron chi connectivity index (χ4n) is 2.92. The molecule has 3 aromatic rings. The van der Waals surface area contributed by atoms with E-state index in [9.17, 15) is 10.1 Å². The minimum atomic E-state index is -0.211. The maximum atomic E-state index is 12.3. The molecule has 5 nitrogen and oxygen atoms in total. The Balaban J connectivity index is 1.82. The van der Waals surface area contributed by atoms with Crippen LogP contribution in [0.2, 0.25) is 0 Å². The molecule has 0 radical (unpaired) electrons. The van der Waals surface area contributed by atoms with Gasteiger partial charge < -0.3 is 5.32 Å². The summed E-state index contributed by atoms with van der Waals surface area (Å²) >= 11 is 1.51. The van der Waals surface area contributed by atoms with Gasteiger partial charge in [-0.2, -0.15) is 5.26 Å². The lowest BCUT2D eigenvalue weighted by Crippen LogP contribution is -2.32. The number of imidazole rings is 1. The number of aromatic nitrogens is 2. The molecule has 1 aliphatic carbocycles. The van der Waals surface area contributed by atoms with Crippen molar-refractivity contribution in [2.24, 2.45) is 0 Å². The fraction of sp³-hybridized carbons (Fsp3) is 0.316. The van der Waals surface area contributed by atoms with Crippen molar-refractivity contribution in [2.75, 3.05) is 0 Å². The largest absolute Gasteiger partial charge is 0.352 e. The first-order valence-corrected chi connectivity index (χ1v) is 9.24. The van der Waals surface area contributed by atoms with E-state index in [0.29, 0.717) is 17.3 Å². The van der Waals surface area contributed by atoms with Crippen LogP contribution in [0, 0.1) is 18.3 Å². The molecular weight excluding hydrogens is 332 g/mol. The minimum absolute atomic E-state index is 0.0621. The summed E-state index contributed by atoms with van der Waals surface area (Å²) < 4.78 is 1.99. The summed E-state index contributed by atoms with van der Waals surface area (Å²) in [5, 5.41) is 13.3. The number of pyridine rings is 1. The van der Waals surface area contributed by atoms with Gasteiger partial charge in [-0.25, -0.2) is 4.98 Å². The second kappa shape index (κ2) is 6.08. The highest BCUT2D eigenvalue weighted by Crippen LogP contribution is 2.32. The van der Waals surface area contributed by atoms with Gasteiger partial charge in [-0.05, 0) is 50.5 Å². The van der Waals surface area contributed by atoms with Crippen LogP contribution in [0.25, 0.3) is 16.7 Å². The molecule has 0 bridgehead atoms. The van der Waals surface area contributed by atoms with Crippen LogP contribution in [0.1, 0.15) is 30.9 Å². The molecule has 1 aliphatic rings. The van der Waals surface area contributed by atoms with Gasteiger partial charge in [0.05, 0.1) is 26.9 Å². The number of rotatable bonds is 4. The summed E-state index contributed by atoms with van der Waals surface area (Å²) in [5.41, 5.74) is 3.91. The Bertz CT molecular complexity index is 1030. The van der Waals surface area contributed by atoms with Crippen LogP contribution < -0.4 is 5.32 Å². The number of nitrogens with one attached hydrogen (secondary N) is 1. The highest BCUT2D eigenvalue weighted by Gasteiger charge is 2.27. The molecular formula is C19H18N4OS. The monoisotopic (exact) mass is 350 g/mol. The Hall–Kier alpha value is -2.52. The average molecular weight is 350 g/mol. The number of fused-ring (bicyclic) bond motifs is 3. The normalized spacial score (nSPS) is 15.2. The predicted octanol–water partition coefficient (Wildman–Crippen LogP) is 3.43. The average Bonchev–Trinajstić information content (AvgIpc) is 3.32. The summed E-state index contributed by atoms with van der Waals surface area (Å²) in [6.45, 7) is 3.83. The zero-order valence-corrected chi connectivity index (χ0v) is 14.9. The van der Waals surface area contributed by atoms with Gasteiger partial charge in [0.15, 0.2) is 5.65 Å². The number of benzene rings is 1. The van der Waals surface area contributed by atoms with Crippen LogP contribution in [0.4, 0.5) is 0 Å². The van der Waals surface area contributed by atoms with Crippen molar-refractivity contribution in [1.82, 2.24) is 14.7 Å². The van der Waals surface area contributed by atoms with Crippen molar-refractivity contribution in [1.29, 1.82) is 5.26 Å². The number of hydrogen-bond donors (Lipinski definition) is 1. The SMILES string of the molecule is Cc1cc(S[C@@H](C)C(=O)NC2CC2)n2c(nc3ccccc32)c1C#N. The molecule has 1 amide bonds. The third-order valence-electron chi connectivity index (χ3n) is 4.44. The molecule has 0 aliphatic heterocycles. The number of thioether (sulfide) groups is 1. The molecule has 1 fully saturated rings. The molecule has 1 atom stereocenters. The zero-order valence-electron chi connectivity index (χ0n) is 14.1. The van der Waals surface area contributed by atoms with Gasteiger partial charge >= 0.3 is 0 Å². The van der Waals surface area contributed by atoms with Crippen molar-refractivity contribution in [2.45, 2.75) is 43.0 Å². The number of amides is 1. The zero-order chi connectivity index (χ0) is 17.6. The molecule has 0 saturated heterocycles. The van der Waals surface area contributed by atoms with Crippen molar-refractivity contribution in [3.63, 3.8) is 0 Å². The van der Waals surface area contributed by atoms with Gasteiger partial charge in [0, 0.05) is 6.04 Å². The maximum absolute atomic E-state index is 12.3. The van der Waals surface area contributed by atoms with Crippen molar-refractivity contribution < 1.29 is 4.79 Å². The van der Waals surface area contributed by atoms with Crippen LogP contribution >= 0.6 is 11.8 Å². The van der Waals surface area contributed by atoms with Gasteiger partial charge in [0.2, 0.25) is 5.91 Å². The van der Waals surface area contributed by atoms with E-state index < -0.39 is 0 Å². The molecule has 25 heavy (non-hydrogen) atoms.